The van der Waals surface area contributed by atoms with Crippen molar-refractivity contribution in [2.45, 2.75) is 40.2 Å². The first kappa shape index (κ1) is 20.6. The second-order valence-electron chi connectivity index (χ2n) is 7.22. The summed E-state index contributed by atoms with van der Waals surface area (Å²) < 4.78 is 11.4. The zero-order valence-corrected chi connectivity index (χ0v) is 16.8. The molecule has 0 saturated heterocycles. The minimum atomic E-state index is -0.134. The summed E-state index contributed by atoms with van der Waals surface area (Å²) in [5.41, 5.74) is 0.893. The standard InChI is InChI=1S/C22H25O3.Cr/c1-4-9-19-20(22(19,2)3)21(23)24-15-16-10-8-13-18(14-16)25-17-11-6-5-7-12-17;/h6,8-14,19-20H,5,7,15H2,1-3H3;/q-1;. The quantitative estimate of drug-likeness (QED) is 0.508. The molecule has 0 N–H and O–H groups in total. The van der Waals surface area contributed by atoms with E-state index in [-0.39, 0.29) is 47.2 Å². The maximum Gasteiger partial charge on any atom is 0.310 e. The summed E-state index contributed by atoms with van der Waals surface area (Å²) in [4.78, 5) is 12.4. The van der Waals surface area contributed by atoms with E-state index in [0.717, 1.165) is 29.9 Å². The Kier molecular flexibility index (Phi) is 6.92. The van der Waals surface area contributed by atoms with Crippen molar-refractivity contribution in [2.75, 3.05) is 0 Å². The Morgan fingerprint density at radius 3 is 2.85 bits per heavy atom. The zero-order valence-electron chi connectivity index (χ0n) is 15.5. The summed E-state index contributed by atoms with van der Waals surface area (Å²) >= 11 is 0. The molecule has 3 rings (SSSR count). The van der Waals surface area contributed by atoms with Crippen molar-refractivity contribution in [3.8, 4) is 5.75 Å². The molecule has 0 spiro atoms. The maximum atomic E-state index is 12.4. The van der Waals surface area contributed by atoms with E-state index in [1.165, 1.54) is 0 Å². The van der Waals surface area contributed by atoms with Gasteiger partial charge in [0, 0.05) is 17.4 Å². The Balaban J connectivity index is 0.00000243. The molecule has 4 heteroatoms. The van der Waals surface area contributed by atoms with E-state index in [1.54, 1.807) is 0 Å². The number of allylic oxidation sites excluding steroid dienone is 5. The van der Waals surface area contributed by atoms with Gasteiger partial charge in [0.25, 0.3) is 0 Å². The Morgan fingerprint density at radius 1 is 1.35 bits per heavy atom. The van der Waals surface area contributed by atoms with Crippen molar-refractivity contribution in [1.29, 1.82) is 0 Å². The molecule has 0 radical (unpaired) electrons. The van der Waals surface area contributed by atoms with Crippen LogP contribution in [0, 0.1) is 23.3 Å². The third-order valence-corrected chi connectivity index (χ3v) is 4.99. The molecule has 0 bridgehead atoms. The first-order valence-electron chi connectivity index (χ1n) is 8.83. The first-order chi connectivity index (χ1) is 12.0. The van der Waals surface area contributed by atoms with E-state index in [9.17, 15) is 4.79 Å². The van der Waals surface area contributed by atoms with Gasteiger partial charge in [0.1, 0.15) is 18.1 Å². The summed E-state index contributed by atoms with van der Waals surface area (Å²) in [5, 5.41) is 0. The summed E-state index contributed by atoms with van der Waals surface area (Å²) in [7, 11) is 0. The van der Waals surface area contributed by atoms with Crippen LogP contribution in [0.4, 0.5) is 0 Å². The molecule has 1 aromatic carbocycles. The molecule has 3 nitrogen and oxygen atoms in total. The number of ether oxygens (including phenoxy) is 2. The van der Waals surface area contributed by atoms with Crippen LogP contribution in [-0.2, 0) is 33.5 Å². The van der Waals surface area contributed by atoms with E-state index in [0.29, 0.717) is 0 Å². The number of hydrogen-bond donors (Lipinski definition) is 0. The number of hydrogen-bond acceptors (Lipinski definition) is 3. The smallest absolute Gasteiger partial charge is 0.310 e. The van der Waals surface area contributed by atoms with Crippen LogP contribution in [0.3, 0.4) is 0 Å². The first-order valence-corrected chi connectivity index (χ1v) is 8.83. The number of carbonyl (C=O) groups excluding carboxylic acids is 1. The van der Waals surface area contributed by atoms with Gasteiger partial charge < -0.3 is 15.5 Å². The van der Waals surface area contributed by atoms with Gasteiger partial charge in [-0.2, -0.15) is 6.92 Å². The molecule has 1 fully saturated rings. The SMILES string of the molecule is C[C-]=CC1C(C(=O)OCc2cccc(OC3=CCCC=C3)c2)C1(C)C.[Cr]. The van der Waals surface area contributed by atoms with Crippen LogP contribution in [-0.4, -0.2) is 5.97 Å². The van der Waals surface area contributed by atoms with E-state index in [1.807, 2.05) is 43.3 Å². The molecular weight excluding hydrogens is 364 g/mol. The molecule has 2 aliphatic rings. The van der Waals surface area contributed by atoms with Gasteiger partial charge in [-0.25, -0.2) is 0 Å². The zero-order chi connectivity index (χ0) is 17.9. The number of carbonyl (C=O) groups is 1. The maximum absolute atomic E-state index is 12.4. The molecule has 1 saturated carbocycles. The Morgan fingerprint density at radius 2 is 2.15 bits per heavy atom. The molecule has 26 heavy (non-hydrogen) atoms. The van der Waals surface area contributed by atoms with Gasteiger partial charge >= 0.3 is 5.97 Å². The van der Waals surface area contributed by atoms with E-state index < -0.39 is 0 Å². The fourth-order valence-electron chi connectivity index (χ4n) is 3.36. The minimum Gasteiger partial charge on any atom is -0.503 e. The second-order valence-corrected chi connectivity index (χ2v) is 7.22. The molecule has 2 aliphatic carbocycles. The molecule has 2 unspecified atom stereocenters. The van der Waals surface area contributed by atoms with Crippen molar-refractivity contribution in [2.24, 2.45) is 17.3 Å². The molecule has 0 aromatic heterocycles. The minimum absolute atomic E-state index is 0. The summed E-state index contributed by atoms with van der Waals surface area (Å²) in [5.74, 6) is 1.65. The molecule has 2 atom stereocenters. The van der Waals surface area contributed by atoms with Crippen LogP contribution in [0.15, 0.2) is 54.3 Å². The van der Waals surface area contributed by atoms with Crippen LogP contribution >= 0.6 is 0 Å². The van der Waals surface area contributed by atoms with Crippen molar-refractivity contribution < 1.29 is 31.6 Å². The van der Waals surface area contributed by atoms with Gasteiger partial charge in [-0.1, -0.05) is 32.1 Å². The Hall–Kier alpha value is -1.76. The van der Waals surface area contributed by atoms with Crippen LogP contribution in [0.25, 0.3) is 0 Å². The van der Waals surface area contributed by atoms with Crippen molar-refractivity contribution >= 4 is 5.97 Å². The number of esters is 1. The molecular formula is C22H25CrO3-. The van der Waals surface area contributed by atoms with Gasteiger partial charge in [0.05, 0.1) is 5.92 Å². The van der Waals surface area contributed by atoms with Gasteiger partial charge in [-0.3, -0.25) is 10.9 Å². The normalized spacial score (nSPS) is 23.1. The number of rotatable bonds is 6. The number of benzene rings is 1. The van der Waals surface area contributed by atoms with Crippen molar-refractivity contribution in [1.82, 2.24) is 0 Å². The molecule has 1 aromatic rings. The van der Waals surface area contributed by atoms with Gasteiger partial charge in [0.2, 0.25) is 0 Å². The predicted molar refractivity (Wildman–Crippen MR) is 97.6 cm³/mol. The summed E-state index contributed by atoms with van der Waals surface area (Å²) in [6.45, 7) is 6.32. The summed E-state index contributed by atoms with van der Waals surface area (Å²) in [6, 6.07) is 7.70. The van der Waals surface area contributed by atoms with Gasteiger partial charge in [-0.15, -0.1) is 0 Å². The van der Waals surface area contributed by atoms with Crippen molar-refractivity contribution in [3.05, 3.63) is 66.0 Å². The van der Waals surface area contributed by atoms with E-state index in [2.05, 4.69) is 32.1 Å². The Labute approximate surface area is 166 Å². The van der Waals surface area contributed by atoms with Crippen LogP contribution in [0.1, 0.15) is 39.2 Å². The molecule has 0 amide bonds. The van der Waals surface area contributed by atoms with E-state index >= 15 is 0 Å². The predicted octanol–water partition coefficient (Wildman–Crippen LogP) is 4.99. The van der Waals surface area contributed by atoms with Crippen LogP contribution in [0.5, 0.6) is 5.75 Å². The molecule has 138 valence electrons. The largest absolute Gasteiger partial charge is 0.503 e. The monoisotopic (exact) mass is 389 g/mol. The van der Waals surface area contributed by atoms with Crippen molar-refractivity contribution in [3.63, 3.8) is 0 Å². The average Bonchev–Trinajstić information content (AvgIpc) is 3.15. The average molecular weight is 389 g/mol. The summed E-state index contributed by atoms with van der Waals surface area (Å²) in [6.07, 6.45) is 13.3. The fourth-order valence-corrected chi connectivity index (χ4v) is 3.36. The third-order valence-electron chi connectivity index (χ3n) is 4.99. The van der Waals surface area contributed by atoms with Crippen LogP contribution in [0.2, 0.25) is 0 Å². The second kappa shape index (κ2) is 8.75. The third kappa shape index (κ3) is 4.69. The van der Waals surface area contributed by atoms with Gasteiger partial charge in [-0.05, 0) is 54.0 Å². The Bertz CT molecular complexity index is 731. The van der Waals surface area contributed by atoms with E-state index in [4.69, 9.17) is 9.47 Å². The van der Waals surface area contributed by atoms with Crippen LogP contribution < -0.4 is 4.74 Å². The molecule has 0 heterocycles. The fraction of sp³-hybridized carbons (Fsp3) is 0.409. The van der Waals surface area contributed by atoms with Gasteiger partial charge in [0.15, 0.2) is 0 Å². The molecule has 0 aliphatic heterocycles. The topological polar surface area (TPSA) is 35.5 Å².